The van der Waals surface area contributed by atoms with Gasteiger partial charge in [-0.3, -0.25) is 25.0 Å². The molecule has 0 radical (unpaired) electrons. The minimum Gasteiger partial charge on any atom is -0.494 e. The van der Waals surface area contributed by atoms with Crippen LogP contribution in [-0.4, -0.2) is 60.0 Å². The Balaban J connectivity index is 0.000000407. The van der Waals surface area contributed by atoms with Crippen molar-refractivity contribution in [2.45, 2.75) is 12.8 Å². The standard InChI is InChI=1S/C16H13Cl2NO5.C8H5Cl3O2.C8H9NO3.CH3Cl/c1-23-15-12(18)7-6-11(17)14(15)16(20)24-9-8-10-4-2-3-5-13(10)19(21)22;1-13-7-5(10)3-2-4(9)6(7)8(11)12;10-6-5-7-3-1-2-4-8(7)9(11)12;1-2/h2-7H,8-9H2,1H3;2-3H,1H3;1-4,10H,5-6H2;1H3. The molecule has 0 bridgehead atoms. The van der Waals surface area contributed by atoms with Gasteiger partial charge in [-0.2, -0.15) is 0 Å². The SMILES string of the molecule is CCl.COc1c(Cl)ccc(Cl)c1C(=O)Cl.COc1c(Cl)ccc(Cl)c1C(=O)OCCc1ccccc1[N+](=O)[O-].O=[N+]([O-])c1ccccc1CCO. The zero-order chi connectivity index (χ0) is 38.7. The Bertz CT molecular complexity index is 1810. The van der Waals surface area contributed by atoms with Crippen LogP contribution in [0.1, 0.15) is 31.8 Å². The summed E-state index contributed by atoms with van der Waals surface area (Å²) < 4.78 is 15.1. The van der Waals surface area contributed by atoms with Crippen molar-refractivity contribution >= 4 is 92.2 Å². The lowest BCUT2D eigenvalue weighted by atomic mass is 10.1. The van der Waals surface area contributed by atoms with E-state index in [-0.39, 0.29) is 68.7 Å². The number of methoxy groups -OCH3 is 2. The van der Waals surface area contributed by atoms with Gasteiger partial charge >= 0.3 is 5.97 Å². The second-order valence-corrected chi connectivity index (χ2v) is 11.3. The van der Waals surface area contributed by atoms with Crippen LogP contribution in [0.4, 0.5) is 11.4 Å². The fraction of sp³-hybridized carbons (Fsp3) is 0.212. The molecule has 0 atom stereocenters. The molecule has 0 fully saturated rings. The van der Waals surface area contributed by atoms with Gasteiger partial charge in [-0.25, -0.2) is 4.79 Å². The van der Waals surface area contributed by atoms with Gasteiger partial charge in [0.15, 0.2) is 11.5 Å². The highest BCUT2D eigenvalue weighted by molar-refractivity contribution is 6.69. The summed E-state index contributed by atoms with van der Waals surface area (Å²) in [5, 5.41) is 30.2. The molecule has 18 heteroatoms. The number of rotatable bonds is 11. The lowest BCUT2D eigenvalue weighted by Crippen LogP contribution is -2.11. The monoisotopic (exact) mass is 824 g/mol. The summed E-state index contributed by atoms with van der Waals surface area (Å²) in [5.41, 5.74) is 1.22. The maximum atomic E-state index is 12.2. The number of nitrogens with zero attached hydrogens (tertiary/aromatic N) is 2. The zero-order valence-electron chi connectivity index (χ0n) is 27.0. The number of alkyl halides is 1. The largest absolute Gasteiger partial charge is 0.494 e. The van der Waals surface area contributed by atoms with Gasteiger partial charge in [-0.05, 0) is 35.9 Å². The summed E-state index contributed by atoms with van der Waals surface area (Å²) in [7, 11) is 2.75. The van der Waals surface area contributed by atoms with E-state index in [1.807, 2.05) is 0 Å². The summed E-state index contributed by atoms with van der Waals surface area (Å²) in [6, 6.07) is 18.7. The average molecular weight is 827 g/mol. The van der Waals surface area contributed by atoms with E-state index >= 15 is 0 Å². The third-order valence-electron chi connectivity index (χ3n) is 6.29. The molecule has 0 saturated carbocycles. The number of benzene rings is 4. The average Bonchev–Trinajstić information content (AvgIpc) is 3.11. The Kier molecular flexibility index (Phi) is 20.9. The summed E-state index contributed by atoms with van der Waals surface area (Å²) in [6.45, 7) is -0.111. The highest BCUT2D eigenvalue weighted by Gasteiger charge is 2.22. The van der Waals surface area contributed by atoms with Gasteiger partial charge in [0.2, 0.25) is 0 Å². The summed E-state index contributed by atoms with van der Waals surface area (Å²) in [6.07, 6.45) is 2.00. The lowest BCUT2D eigenvalue weighted by Gasteiger charge is -2.11. The predicted molar refractivity (Wildman–Crippen MR) is 199 cm³/mol. The Morgan fingerprint density at radius 2 is 1.06 bits per heavy atom. The second kappa shape index (κ2) is 23.6. The van der Waals surface area contributed by atoms with Gasteiger partial charge in [0, 0.05) is 49.1 Å². The fourth-order valence-corrected chi connectivity index (χ4v) is 5.25. The first kappa shape index (κ1) is 45.1. The minimum absolute atomic E-state index is 0.0214. The first-order valence-corrected chi connectivity index (χ1v) is 16.8. The first-order valence-electron chi connectivity index (χ1n) is 14.1. The molecule has 1 N–H and O–H groups in total. The molecule has 0 spiro atoms. The number of carbonyl (C=O) groups excluding carboxylic acids is 2. The number of ether oxygens (including phenoxy) is 3. The molecule has 0 heterocycles. The number of nitro groups is 2. The van der Waals surface area contributed by atoms with Gasteiger partial charge in [-0.1, -0.05) is 82.8 Å². The molecule has 0 aliphatic rings. The van der Waals surface area contributed by atoms with Gasteiger partial charge < -0.3 is 19.3 Å². The van der Waals surface area contributed by atoms with Gasteiger partial charge in [-0.15, -0.1) is 11.6 Å². The van der Waals surface area contributed by atoms with Crippen LogP contribution < -0.4 is 9.47 Å². The molecule has 12 nitrogen and oxygen atoms in total. The van der Waals surface area contributed by atoms with Crippen molar-refractivity contribution in [1.29, 1.82) is 0 Å². The van der Waals surface area contributed by atoms with Crippen LogP contribution in [0.3, 0.4) is 0 Å². The summed E-state index contributed by atoms with van der Waals surface area (Å²) in [5.74, 6) is -0.382. The van der Waals surface area contributed by atoms with E-state index in [2.05, 4.69) is 11.6 Å². The van der Waals surface area contributed by atoms with Crippen LogP contribution in [0.25, 0.3) is 0 Å². The van der Waals surface area contributed by atoms with Crippen molar-refractivity contribution in [2.75, 3.05) is 33.8 Å². The van der Waals surface area contributed by atoms with Crippen LogP contribution >= 0.6 is 69.6 Å². The third kappa shape index (κ3) is 13.6. The van der Waals surface area contributed by atoms with E-state index in [0.717, 1.165) is 0 Å². The number of hydrogen-bond donors (Lipinski definition) is 1. The number of carbonyl (C=O) groups is 2. The summed E-state index contributed by atoms with van der Waals surface area (Å²) in [4.78, 5) is 43.6. The van der Waals surface area contributed by atoms with Crippen LogP contribution in [0.5, 0.6) is 11.5 Å². The maximum Gasteiger partial charge on any atom is 0.343 e. The highest BCUT2D eigenvalue weighted by atomic mass is 35.5. The molecule has 0 saturated heterocycles. The highest BCUT2D eigenvalue weighted by Crippen LogP contribution is 2.35. The molecule has 51 heavy (non-hydrogen) atoms. The molecule has 0 aliphatic carbocycles. The number of esters is 1. The topological polar surface area (TPSA) is 168 Å². The van der Waals surface area contributed by atoms with Crippen LogP contribution in [0, 0.1) is 20.2 Å². The van der Waals surface area contributed by atoms with Crippen LogP contribution in [0.2, 0.25) is 20.1 Å². The molecule has 0 unspecified atom stereocenters. The number of aliphatic hydroxyl groups excluding tert-OH is 1. The zero-order valence-corrected chi connectivity index (χ0v) is 31.6. The fourth-order valence-electron chi connectivity index (χ4n) is 4.09. The quantitative estimate of drug-likeness (QED) is 0.0505. The molecule has 0 aromatic heterocycles. The van der Waals surface area contributed by atoms with E-state index in [9.17, 15) is 29.8 Å². The van der Waals surface area contributed by atoms with Crippen LogP contribution in [0.15, 0.2) is 72.8 Å². The number of nitro benzene ring substituents is 2. The Hall–Kier alpha value is -3.88. The van der Waals surface area contributed by atoms with Crippen molar-refractivity contribution in [3.8, 4) is 11.5 Å². The Morgan fingerprint density at radius 3 is 1.45 bits per heavy atom. The Labute approximate surface area is 322 Å². The maximum absolute atomic E-state index is 12.2. The lowest BCUT2D eigenvalue weighted by molar-refractivity contribution is -0.385. The van der Waals surface area contributed by atoms with Crippen molar-refractivity contribution < 1.29 is 38.8 Å². The molecule has 0 aliphatic heterocycles. The molecule has 274 valence electrons. The van der Waals surface area contributed by atoms with Gasteiger partial charge in [0.25, 0.3) is 16.6 Å². The summed E-state index contributed by atoms with van der Waals surface area (Å²) >= 11 is 33.4. The predicted octanol–water partition coefficient (Wildman–Crippen LogP) is 9.68. The van der Waals surface area contributed by atoms with E-state index in [1.165, 1.54) is 57.0 Å². The van der Waals surface area contributed by atoms with Crippen LogP contribution in [-0.2, 0) is 17.6 Å². The molecule has 0 amide bonds. The normalized spacial score (nSPS) is 9.76. The van der Waals surface area contributed by atoms with E-state index in [1.54, 1.807) is 36.4 Å². The van der Waals surface area contributed by atoms with Crippen molar-refractivity contribution in [3.63, 3.8) is 0 Å². The third-order valence-corrected chi connectivity index (χ3v) is 7.70. The molecule has 4 aromatic rings. The van der Waals surface area contributed by atoms with Crippen molar-refractivity contribution in [2.24, 2.45) is 0 Å². The number of hydrogen-bond acceptors (Lipinski definition) is 10. The number of aliphatic hydroxyl groups is 1. The number of para-hydroxylation sites is 2. The van der Waals surface area contributed by atoms with Crippen molar-refractivity contribution in [1.82, 2.24) is 0 Å². The molecule has 4 rings (SSSR count). The molecule has 4 aromatic carbocycles. The van der Waals surface area contributed by atoms with Crippen molar-refractivity contribution in [3.05, 3.63) is 135 Å². The van der Waals surface area contributed by atoms with Gasteiger partial charge in [0.05, 0.1) is 56.3 Å². The smallest absolute Gasteiger partial charge is 0.343 e. The van der Waals surface area contributed by atoms with E-state index < -0.39 is 21.1 Å². The second-order valence-electron chi connectivity index (χ2n) is 9.28. The van der Waals surface area contributed by atoms with E-state index in [0.29, 0.717) is 22.6 Å². The Morgan fingerprint density at radius 1 is 0.667 bits per heavy atom. The van der Waals surface area contributed by atoms with E-state index in [4.69, 9.17) is 77.3 Å². The first-order chi connectivity index (χ1) is 24.3. The van der Waals surface area contributed by atoms with Gasteiger partial charge in [0.1, 0.15) is 5.56 Å². The number of halogens is 6. The minimum atomic E-state index is -0.710. The molecular weight excluding hydrogens is 797 g/mol. The molecular formula is C33H30Cl6N2O10.